The van der Waals surface area contributed by atoms with E-state index in [1.54, 1.807) is 18.9 Å². The number of hydrogen-bond acceptors (Lipinski definition) is 4. The molecule has 1 spiro atoms. The lowest BCUT2D eigenvalue weighted by Gasteiger charge is -2.49. The molecule has 144 valence electrons. The Hall–Kier alpha value is -1.83. The van der Waals surface area contributed by atoms with E-state index in [0.717, 1.165) is 25.1 Å². The van der Waals surface area contributed by atoms with Crippen LogP contribution in [0.1, 0.15) is 30.5 Å². The van der Waals surface area contributed by atoms with Crippen LogP contribution < -0.4 is 4.90 Å². The molecule has 0 bridgehead atoms. The fourth-order valence-corrected chi connectivity index (χ4v) is 3.93. The molecular formula is C18H25F3N4O. The monoisotopic (exact) mass is 370 g/mol. The first kappa shape index (κ1) is 18.9. The third-order valence-corrected chi connectivity index (χ3v) is 5.73. The summed E-state index contributed by atoms with van der Waals surface area (Å²) in [7, 11) is 3.84. The van der Waals surface area contributed by atoms with Crippen LogP contribution in [0.15, 0.2) is 12.1 Å². The van der Waals surface area contributed by atoms with Crippen LogP contribution in [-0.2, 0) is 11.0 Å². The summed E-state index contributed by atoms with van der Waals surface area (Å²) >= 11 is 0. The van der Waals surface area contributed by atoms with E-state index in [1.807, 2.05) is 11.9 Å². The van der Waals surface area contributed by atoms with Crippen LogP contribution in [0.5, 0.6) is 0 Å². The molecule has 2 saturated heterocycles. The van der Waals surface area contributed by atoms with Crippen molar-refractivity contribution < 1.29 is 18.0 Å². The molecule has 8 heteroatoms. The smallest absolute Gasteiger partial charge is 0.353 e. The second kappa shape index (κ2) is 6.72. The molecule has 5 nitrogen and oxygen atoms in total. The maximum atomic E-state index is 13.2. The zero-order valence-electron chi connectivity index (χ0n) is 15.4. The Morgan fingerprint density at radius 3 is 2.54 bits per heavy atom. The Labute approximate surface area is 151 Å². The van der Waals surface area contributed by atoms with Crippen molar-refractivity contribution in [1.82, 2.24) is 14.8 Å². The van der Waals surface area contributed by atoms with Gasteiger partial charge in [0, 0.05) is 50.9 Å². The van der Waals surface area contributed by atoms with Gasteiger partial charge in [-0.2, -0.15) is 13.2 Å². The van der Waals surface area contributed by atoms with Gasteiger partial charge in [-0.3, -0.25) is 9.69 Å². The second-order valence-electron chi connectivity index (χ2n) is 7.49. The highest BCUT2D eigenvalue weighted by Crippen LogP contribution is 2.35. The lowest BCUT2D eigenvalue weighted by atomic mass is 9.86. The highest BCUT2D eigenvalue weighted by atomic mass is 19.4. The van der Waals surface area contributed by atoms with Gasteiger partial charge in [-0.05, 0) is 38.9 Å². The Morgan fingerprint density at radius 2 is 1.85 bits per heavy atom. The van der Waals surface area contributed by atoms with E-state index < -0.39 is 11.7 Å². The van der Waals surface area contributed by atoms with Gasteiger partial charge in [0.05, 0.1) is 5.56 Å². The van der Waals surface area contributed by atoms with Crippen LogP contribution in [-0.4, -0.2) is 66.5 Å². The number of rotatable bonds is 1. The predicted octanol–water partition coefficient (Wildman–Crippen LogP) is 2.54. The van der Waals surface area contributed by atoms with Crippen LogP contribution in [0.2, 0.25) is 0 Å². The minimum absolute atomic E-state index is 0.125. The Kier molecular flexibility index (Phi) is 4.90. The number of piperazine rings is 1. The number of pyridine rings is 1. The third kappa shape index (κ3) is 3.65. The molecule has 3 heterocycles. The summed E-state index contributed by atoms with van der Waals surface area (Å²) in [5.74, 6) is 0.495. The van der Waals surface area contributed by atoms with Crippen LogP contribution in [0.3, 0.4) is 0 Å². The van der Waals surface area contributed by atoms with Crippen molar-refractivity contribution in [2.75, 3.05) is 45.2 Å². The molecule has 26 heavy (non-hydrogen) atoms. The largest absolute Gasteiger partial charge is 0.416 e. The third-order valence-electron chi connectivity index (χ3n) is 5.73. The van der Waals surface area contributed by atoms with Crippen molar-refractivity contribution in [2.24, 2.45) is 0 Å². The van der Waals surface area contributed by atoms with E-state index in [9.17, 15) is 18.0 Å². The molecule has 0 N–H and O–H groups in total. The number of amides is 1. The number of likely N-dealkylation sites (N-methyl/N-ethyl adjacent to an activating group) is 1. The molecule has 1 amide bonds. The van der Waals surface area contributed by atoms with Crippen molar-refractivity contribution in [3.8, 4) is 0 Å². The topological polar surface area (TPSA) is 39.7 Å². The van der Waals surface area contributed by atoms with E-state index in [4.69, 9.17) is 0 Å². The predicted molar refractivity (Wildman–Crippen MR) is 93.0 cm³/mol. The summed E-state index contributed by atoms with van der Waals surface area (Å²) in [6, 6.07) is 2.22. The van der Waals surface area contributed by atoms with Gasteiger partial charge in [0.15, 0.2) is 0 Å². The Bertz CT molecular complexity index is 694. The molecule has 2 aliphatic heterocycles. The van der Waals surface area contributed by atoms with E-state index in [1.165, 1.54) is 0 Å². The first-order valence-corrected chi connectivity index (χ1v) is 8.87. The number of carbonyl (C=O) groups is 1. The molecule has 2 fully saturated rings. The summed E-state index contributed by atoms with van der Waals surface area (Å²) < 4.78 is 39.5. The number of nitrogens with zero attached hydrogens (tertiary/aromatic N) is 4. The van der Waals surface area contributed by atoms with E-state index in [-0.39, 0.29) is 11.4 Å². The lowest BCUT2D eigenvalue weighted by Crippen LogP contribution is -2.61. The molecule has 0 saturated carbocycles. The van der Waals surface area contributed by atoms with Crippen molar-refractivity contribution in [3.05, 3.63) is 23.4 Å². The molecule has 1 unspecified atom stereocenters. The summed E-state index contributed by atoms with van der Waals surface area (Å²) in [4.78, 5) is 22.4. The number of aryl methyl sites for hydroxylation is 1. The molecule has 1 aromatic heterocycles. The molecule has 1 aromatic rings. The molecule has 0 aliphatic carbocycles. The van der Waals surface area contributed by atoms with Gasteiger partial charge >= 0.3 is 6.18 Å². The zero-order valence-corrected chi connectivity index (χ0v) is 15.4. The number of carbonyl (C=O) groups excluding carboxylic acids is 1. The van der Waals surface area contributed by atoms with Crippen LogP contribution in [0.4, 0.5) is 19.0 Å². The lowest BCUT2D eigenvalue weighted by molar-refractivity contribution is -0.137. The molecule has 0 aromatic carbocycles. The van der Waals surface area contributed by atoms with E-state index >= 15 is 0 Å². The standard InChI is InChI=1S/C18H25F3N4O/c1-13-10-14(18(19,20)21)11-15(22-13)25-9-8-24(3)17(12-25)5-4-16(26)23(2)7-6-17/h10-11H,4-9,12H2,1-3H3. The maximum absolute atomic E-state index is 13.2. The van der Waals surface area contributed by atoms with Crippen LogP contribution in [0.25, 0.3) is 0 Å². The van der Waals surface area contributed by atoms with Crippen molar-refractivity contribution in [1.29, 1.82) is 0 Å². The minimum atomic E-state index is -4.38. The van der Waals surface area contributed by atoms with Crippen LogP contribution >= 0.6 is 0 Å². The maximum Gasteiger partial charge on any atom is 0.416 e. The highest BCUT2D eigenvalue weighted by Gasteiger charge is 2.42. The van der Waals surface area contributed by atoms with Gasteiger partial charge in [0.2, 0.25) is 5.91 Å². The number of hydrogen-bond donors (Lipinski definition) is 0. The number of halogens is 3. The Morgan fingerprint density at radius 1 is 1.12 bits per heavy atom. The average molecular weight is 370 g/mol. The normalized spacial score (nSPS) is 25.7. The fourth-order valence-electron chi connectivity index (χ4n) is 3.93. The van der Waals surface area contributed by atoms with Crippen molar-refractivity contribution in [3.63, 3.8) is 0 Å². The van der Waals surface area contributed by atoms with E-state index in [0.29, 0.717) is 44.0 Å². The first-order chi connectivity index (χ1) is 12.1. The zero-order chi connectivity index (χ0) is 19.1. The van der Waals surface area contributed by atoms with E-state index in [2.05, 4.69) is 9.88 Å². The van der Waals surface area contributed by atoms with Gasteiger partial charge in [0.25, 0.3) is 0 Å². The van der Waals surface area contributed by atoms with Gasteiger partial charge < -0.3 is 9.80 Å². The summed E-state index contributed by atoms with van der Waals surface area (Å²) in [5.41, 5.74) is -0.523. The minimum Gasteiger partial charge on any atom is -0.353 e. The van der Waals surface area contributed by atoms with Gasteiger partial charge in [-0.15, -0.1) is 0 Å². The quantitative estimate of drug-likeness (QED) is 0.762. The Balaban J connectivity index is 1.89. The van der Waals surface area contributed by atoms with Gasteiger partial charge in [-0.25, -0.2) is 4.98 Å². The second-order valence-corrected chi connectivity index (χ2v) is 7.49. The molecule has 3 rings (SSSR count). The van der Waals surface area contributed by atoms with Crippen molar-refractivity contribution in [2.45, 2.75) is 37.9 Å². The van der Waals surface area contributed by atoms with Gasteiger partial charge in [-0.1, -0.05) is 0 Å². The fraction of sp³-hybridized carbons (Fsp3) is 0.667. The molecule has 2 aliphatic rings. The number of aromatic nitrogens is 1. The molecule has 1 atom stereocenters. The first-order valence-electron chi connectivity index (χ1n) is 8.87. The summed E-state index contributed by atoms with van der Waals surface area (Å²) in [6.07, 6.45) is -2.41. The van der Waals surface area contributed by atoms with Crippen LogP contribution in [0, 0.1) is 6.92 Å². The molecular weight excluding hydrogens is 345 g/mol. The summed E-state index contributed by atoms with van der Waals surface area (Å²) in [6.45, 7) is 4.18. The molecule has 0 radical (unpaired) electrons. The highest BCUT2D eigenvalue weighted by molar-refractivity contribution is 5.76. The number of alkyl halides is 3. The average Bonchev–Trinajstić information content (AvgIpc) is 2.71. The summed E-state index contributed by atoms with van der Waals surface area (Å²) in [5, 5.41) is 0. The number of likely N-dealkylation sites (tertiary alicyclic amines) is 1. The SMILES string of the molecule is Cc1cc(C(F)(F)F)cc(N2CCN(C)C3(CCC(=O)N(C)CC3)C2)n1. The number of anilines is 1. The van der Waals surface area contributed by atoms with Crippen molar-refractivity contribution >= 4 is 11.7 Å². The van der Waals surface area contributed by atoms with Gasteiger partial charge in [0.1, 0.15) is 5.82 Å².